The summed E-state index contributed by atoms with van der Waals surface area (Å²) in [5.74, 6) is 0.272. The third-order valence-corrected chi connectivity index (χ3v) is 2.89. The molecule has 0 aromatic heterocycles. The fourth-order valence-corrected chi connectivity index (χ4v) is 1.83. The molecule has 90 valence electrons. The Morgan fingerprint density at radius 1 is 1.35 bits per heavy atom. The minimum atomic E-state index is -1.26. The van der Waals surface area contributed by atoms with Crippen LogP contribution in [0, 0.1) is 6.92 Å². The Balaban J connectivity index is 2.44. The first-order valence-electron chi connectivity index (χ1n) is 5.17. The molecule has 2 rings (SSSR count). The van der Waals surface area contributed by atoms with Crippen molar-refractivity contribution in [2.75, 3.05) is 7.11 Å². The molecular weight excluding hydrogens is 222 g/mol. The van der Waals surface area contributed by atoms with Crippen molar-refractivity contribution in [3.8, 4) is 5.75 Å². The van der Waals surface area contributed by atoms with Crippen LogP contribution in [0.3, 0.4) is 0 Å². The van der Waals surface area contributed by atoms with Gasteiger partial charge >= 0.3 is 6.09 Å². The highest BCUT2D eigenvalue weighted by atomic mass is 16.6. The van der Waals surface area contributed by atoms with Crippen molar-refractivity contribution in [2.24, 2.45) is 0 Å². The van der Waals surface area contributed by atoms with Crippen LogP contribution in [-0.2, 0) is 15.1 Å². The van der Waals surface area contributed by atoms with E-state index in [-0.39, 0.29) is 0 Å². The Labute approximate surface area is 98.7 Å². The van der Waals surface area contributed by atoms with Crippen molar-refractivity contribution in [2.45, 2.75) is 19.4 Å². The number of benzene rings is 1. The van der Waals surface area contributed by atoms with E-state index in [0.717, 1.165) is 11.3 Å². The van der Waals surface area contributed by atoms with E-state index in [1.807, 2.05) is 6.92 Å². The van der Waals surface area contributed by atoms with Gasteiger partial charge in [-0.1, -0.05) is 6.07 Å². The molecule has 1 unspecified atom stereocenters. The Bertz CT molecular complexity index is 497. The number of ether oxygens (including phenoxy) is 2. The van der Waals surface area contributed by atoms with E-state index < -0.39 is 17.6 Å². The lowest BCUT2D eigenvalue weighted by Gasteiger charge is -2.20. The van der Waals surface area contributed by atoms with Gasteiger partial charge in [-0.3, -0.25) is 10.1 Å². The van der Waals surface area contributed by atoms with E-state index in [0.29, 0.717) is 5.56 Å². The van der Waals surface area contributed by atoms with Gasteiger partial charge in [0.05, 0.1) is 7.11 Å². The molecular formula is C12H13NO4. The summed E-state index contributed by atoms with van der Waals surface area (Å²) in [5, 5.41) is 2.12. The number of nitrogens with one attached hydrogen (secondary N) is 1. The zero-order valence-electron chi connectivity index (χ0n) is 9.87. The van der Waals surface area contributed by atoms with Crippen LogP contribution in [0.25, 0.3) is 0 Å². The fraction of sp³-hybridized carbons (Fsp3) is 0.333. The summed E-state index contributed by atoms with van der Waals surface area (Å²) < 4.78 is 10.2. The average molecular weight is 235 g/mol. The van der Waals surface area contributed by atoms with E-state index in [1.54, 1.807) is 32.2 Å². The summed E-state index contributed by atoms with van der Waals surface area (Å²) in [7, 11) is 1.58. The smallest absolute Gasteiger partial charge is 0.415 e. The highest BCUT2D eigenvalue weighted by molar-refractivity contribution is 6.03. The number of carbonyl (C=O) groups excluding carboxylic acids is 2. The first kappa shape index (κ1) is 11.4. The van der Waals surface area contributed by atoms with Crippen LogP contribution in [0.2, 0.25) is 0 Å². The first-order valence-corrected chi connectivity index (χ1v) is 5.17. The van der Waals surface area contributed by atoms with Crippen LogP contribution in [0.1, 0.15) is 18.1 Å². The molecule has 1 N–H and O–H groups in total. The lowest BCUT2D eigenvalue weighted by molar-refractivity contribution is -0.130. The van der Waals surface area contributed by atoms with Crippen LogP contribution >= 0.6 is 0 Å². The van der Waals surface area contributed by atoms with E-state index in [4.69, 9.17) is 9.47 Å². The number of carbonyl (C=O) groups is 2. The maximum absolute atomic E-state index is 11.7. The predicted molar refractivity (Wildman–Crippen MR) is 59.7 cm³/mol. The predicted octanol–water partition coefficient (Wildman–Crippen LogP) is 1.49. The molecule has 0 saturated carbocycles. The molecule has 1 fully saturated rings. The van der Waals surface area contributed by atoms with Crippen molar-refractivity contribution in [1.82, 2.24) is 5.32 Å². The van der Waals surface area contributed by atoms with Crippen molar-refractivity contribution in [3.05, 3.63) is 29.3 Å². The molecule has 1 heterocycles. The van der Waals surface area contributed by atoms with Gasteiger partial charge in [-0.15, -0.1) is 0 Å². The van der Waals surface area contributed by atoms with E-state index in [2.05, 4.69) is 5.32 Å². The van der Waals surface area contributed by atoms with Gasteiger partial charge in [0.25, 0.3) is 5.91 Å². The maximum Gasteiger partial charge on any atom is 0.415 e. The summed E-state index contributed by atoms with van der Waals surface area (Å²) in [6.07, 6.45) is -0.717. The van der Waals surface area contributed by atoms with E-state index in [1.165, 1.54) is 0 Å². The van der Waals surface area contributed by atoms with Crippen LogP contribution in [0.4, 0.5) is 4.79 Å². The highest BCUT2D eigenvalue weighted by Crippen LogP contribution is 2.32. The summed E-state index contributed by atoms with van der Waals surface area (Å²) in [6, 6.07) is 5.23. The standard InChI is InChI=1S/C12H13NO4/c1-7-6-8(4-5-9(7)16-3)12(2)10(14)13-11(15)17-12/h4-6H,1-3H3,(H,13,14,15). The molecule has 0 aliphatic carbocycles. The Morgan fingerprint density at radius 3 is 2.53 bits per heavy atom. The quantitative estimate of drug-likeness (QED) is 0.843. The molecule has 0 radical (unpaired) electrons. The van der Waals surface area contributed by atoms with Gasteiger partial charge in [-0.2, -0.15) is 0 Å². The normalized spacial score (nSPS) is 23.2. The third kappa shape index (κ3) is 1.73. The number of hydrogen-bond acceptors (Lipinski definition) is 4. The summed E-state index contributed by atoms with van der Waals surface area (Å²) in [6.45, 7) is 3.43. The summed E-state index contributed by atoms with van der Waals surface area (Å²) in [5.41, 5.74) is 0.245. The molecule has 5 nitrogen and oxygen atoms in total. The molecule has 0 spiro atoms. The van der Waals surface area contributed by atoms with Crippen molar-refractivity contribution in [3.63, 3.8) is 0 Å². The second-order valence-electron chi connectivity index (χ2n) is 4.06. The monoisotopic (exact) mass is 235 g/mol. The Kier molecular flexibility index (Phi) is 2.53. The number of cyclic esters (lactones) is 1. The molecule has 5 heteroatoms. The van der Waals surface area contributed by atoms with E-state index >= 15 is 0 Å². The molecule has 1 atom stereocenters. The van der Waals surface area contributed by atoms with Gasteiger partial charge in [0, 0.05) is 5.56 Å². The minimum Gasteiger partial charge on any atom is -0.496 e. The summed E-state index contributed by atoms with van der Waals surface area (Å²) in [4.78, 5) is 22.8. The lowest BCUT2D eigenvalue weighted by atomic mass is 9.94. The van der Waals surface area contributed by atoms with Crippen LogP contribution < -0.4 is 10.1 Å². The molecule has 1 aromatic rings. The van der Waals surface area contributed by atoms with E-state index in [9.17, 15) is 9.59 Å². The number of methoxy groups -OCH3 is 1. The van der Waals surface area contributed by atoms with Crippen LogP contribution in [0.5, 0.6) is 5.75 Å². The molecule has 1 aliphatic heterocycles. The summed E-state index contributed by atoms with van der Waals surface area (Å²) >= 11 is 0. The molecule has 1 saturated heterocycles. The number of alkyl carbamates (subject to hydrolysis) is 1. The van der Waals surface area contributed by atoms with Crippen LogP contribution in [-0.4, -0.2) is 19.1 Å². The van der Waals surface area contributed by atoms with Gasteiger partial charge in [-0.25, -0.2) is 4.79 Å². The Hall–Kier alpha value is -2.04. The second-order valence-corrected chi connectivity index (χ2v) is 4.06. The Morgan fingerprint density at radius 2 is 2.06 bits per heavy atom. The van der Waals surface area contributed by atoms with Crippen molar-refractivity contribution < 1.29 is 19.1 Å². The number of amides is 2. The second kappa shape index (κ2) is 3.76. The minimum absolute atomic E-state index is 0.452. The first-order chi connectivity index (χ1) is 7.97. The third-order valence-electron chi connectivity index (χ3n) is 2.89. The maximum atomic E-state index is 11.7. The van der Waals surface area contributed by atoms with Crippen molar-refractivity contribution >= 4 is 12.0 Å². The molecule has 1 aliphatic rings. The highest BCUT2D eigenvalue weighted by Gasteiger charge is 2.46. The average Bonchev–Trinajstić information content (AvgIpc) is 2.53. The van der Waals surface area contributed by atoms with Crippen molar-refractivity contribution in [1.29, 1.82) is 0 Å². The molecule has 2 amide bonds. The van der Waals surface area contributed by atoms with Gasteiger partial charge in [0.1, 0.15) is 5.75 Å². The largest absolute Gasteiger partial charge is 0.496 e. The topological polar surface area (TPSA) is 64.6 Å². The molecule has 0 bridgehead atoms. The zero-order chi connectivity index (χ0) is 12.6. The zero-order valence-corrected chi connectivity index (χ0v) is 9.87. The number of rotatable bonds is 2. The molecule has 17 heavy (non-hydrogen) atoms. The number of hydrogen-bond donors (Lipinski definition) is 1. The number of imide groups is 1. The fourth-order valence-electron chi connectivity index (χ4n) is 1.83. The van der Waals surface area contributed by atoms with Gasteiger partial charge in [0.15, 0.2) is 0 Å². The number of aryl methyl sites for hydroxylation is 1. The lowest BCUT2D eigenvalue weighted by Crippen LogP contribution is -2.33. The van der Waals surface area contributed by atoms with Crippen LogP contribution in [0.15, 0.2) is 18.2 Å². The van der Waals surface area contributed by atoms with Gasteiger partial charge in [-0.05, 0) is 31.5 Å². The SMILES string of the molecule is COc1ccc(C2(C)OC(=O)NC2=O)cc1C. The van der Waals surface area contributed by atoms with Gasteiger partial charge < -0.3 is 9.47 Å². The van der Waals surface area contributed by atoms with Gasteiger partial charge in [0.2, 0.25) is 5.60 Å². The molecule has 1 aromatic carbocycles.